The molecular formula is C38H50N4O6. The van der Waals surface area contributed by atoms with Crippen LogP contribution in [0.1, 0.15) is 97.3 Å². The number of unbranched alkanes of at least 4 members (excludes halogenated alkanes) is 1. The number of nitrogens with zero attached hydrogens (tertiary/aromatic N) is 2. The van der Waals surface area contributed by atoms with Crippen LogP contribution >= 0.6 is 0 Å². The highest BCUT2D eigenvalue weighted by Crippen LogP contribution is 2.31. The molecule has 0 radical (unpaired) electrons. The average molecular weight is 659 g/mol. The second-order valence-corrected chi connectivity index (χ2v) is 14.0. The number of fused-ring (bicyclic) bond motifs is 1. The van der Waals surface area contributed by atoms with Crippen molar-refractivity contribution in [2.45, 2.75) is 104 Å². The monoisotopic (exact) mass is 658 g/mol. The molecule has 1 aliphatic rings. The summed E-state index contributed by atoms with van der Waals surface area (Å²) >= 11 is 0. The molecule has 48 heavy (non-hydrogen) atoms. The van der Waals surface area contributed by atoms with Crippen LogP contribution in [0, 0.1) is 11.8 Å². The van der Waals surface area contributed by atoms with Crippen molar-refractivity contribution in [2.24, 2.45) is 11.8 Å². The van der Waals surface area contributed by atoms with Crippen molar-refractivity contribution in [3.8, 4) is 11.3 Å². The number of hydrogen-bond donors (Lipinski definition) is 4. The summed E-state index contributed by atoms with van der Waals surface area (Å²) in [4.78, 5) is 55.7. The summed E-state index contributed by atoms with van der Waals surface area (Å²) in [6.07, 6.45) is 4.56. The molecule has 4 atom stereocenters. The molecule has 0 spiro atoms. The normalized spacial score (nSPS) is 17.2. The SMILES string of the molecule is CC(NC(=O)C(CCCCC(=O)C(C)(C)c1cccc(-c2cc3cc(C(C)O)ccc3cn2)c1)C(C)C)C(=O)N1CCCC(C(=O)O)N1. The van der Waals surface area contributed by atoms with Gasteiger partial charge in [-0.25, -0.2) is 5.43 Å². The van der Waals surface area contributed by atoms with Gasteiger partial charge >= 0.3 is 5.97 Å². The summed E-state index contributed by atoms with van der Waals surface area (Å²) in [5, 5.41) is 25.4. The van der Waals surface area contributed by atoms with E-state index in [1.165, 1.54) is 5.01 Å². The number of aliphatic carboxylic acids is 1. The molecule has 2 heterocycles. The van der Waals surface area contributed by atoms with Crippen LogP contribution in [0.3, 0.4) is 0 Å². The number of carboxylic acid groups (broad SMARTS) is 1. The van der Waals surface area contributed by atoms with E-state index in [1.54, 1.807) is 13.8 Å². The predicted molar refractivity (Wildman–Crippen MR) is 186 cm³/mol. The van der Waals surface area contributed by atoms with Crippen molar-refractivity contribution in [3.63, 3.8) is 0 Å². The number of hydrogen-bond acceptors (Lipinski definition) is 7. The number of aliphatic hydroxyl groups is 1. The number of carbonyl (C=O) groups is 4. The van der Waals surface area contributed by atoms with Crippen LogP contribution in [0.25, 0.3) is 22.0 Å². The fourth-order valence-electron chi connectivity index (χ4n) is 6.27. The number of hydrazine groups is 1. The van der Waals surface area contributed by atoms with Crippen LogP contribution in [0.15, 0.2) is 54.7 Å². The van der Waals surface area contributed by atoms with Crippen LogP contribution < -0.4 is 10.7 Å². The number of pyridine rings is 1. The third-order valence-electron chi connectivity index (χ3n) is 9.60. The van der Waals surface area contributed by atoms with Gasteiger partial charge in [0.05, 0.1) is 11.8 Å². The maximum Gasteiger partial charge on any atom is 0.322 e. The Morgan fingerprint density at radius 1 is 1.02 bits per heavy atom. The number of ketones is 1. The topological polar surface area (TPSA) is 149 Å². The minimum absolute atomic E-state index is 0.0361. The van der Waals surface area contributed by atoms with Crippen LogP contribution in [0.4, 0.5) is 0 Å². The zero-order chi connectivity index (χ0) is 35.2. The van der Waals surface area contributed by atoms with Crippen molar-refractivity contribution in [3.05, 3.63) is 65.9 Å². The van der Waals surface area contributed by atoms with E-state index in [0.29, 0.717) is 45.1 Å². The third-order valence-corrected chi connectivity index (χ3v) is 9.60. The van der Waals surface area contributed by atoms with Crippen LogP contribution in [0.2, 0.25) is 0 Å². The zero-order valence-electron chi connectivity index (χ0n) is 29.0. The van der Waals surface area contributed by atoms with E-state index in [4.69, 9.17) is 0 Å². The molecule has 0 aliphatic carbocycles. The van der Waals surface area contributed by atoms with Crippen LogP contribution in [0.5, 0.6) is 0 Å². The quantitative estimate of drug-likeness (QED) is 0.161. The molecule has 0 saturated carbocycles. The third kappa shape index (κ3) is 8.85. The number of Topliss-reactive ketones (excluding diaryl/α,β-unsaturated/α-hetero) is 1. The number of aromatic nitrogens is 1. The summed E-state index contributed by atoms with van der Waals surface area (Å²) in [6, 6.07) is 14.1. The predicted octanol–water partition coefficient (Wildman–Crippen LogP) is 5.72. The maximum absolute atomic E-state index is 13.5. The lowest BCUT2D eigenvalue weighted by atomic mass is 9.78. The number of benzene rings is 2. The minimum Gasteiger partial charge on any atom is -0.480 e. The molecule has 4 N–H and O–H groups in total. The smallest absolute Gasteiger partial charge is 0.322 e. The van der Waals surface area contributed by atoms with Crippen molar-refractivity contribution in [1.82, 2.24) is 20.7 Å². The first kappa shape index (κ1) is 36.7. The van der Waals surface area contributed by atoms with Crippen molar-refractivity contribution >= 4 is 34.3 Å². The Bertz CT molecular complexity index is 1630. The minimum atomic E-state index is -1.01. The van der Waals surface area contributed by atoms with Gasteiger partial charge in [-0.3, -0.25) is 29.2 Å². The number of amides is 2. The van der Waals surface area contributed by atoms with E-state index in [2.05, 4.69) is 15.7 Å². The first-order chi connectivity index (χ1) is 22.7. The van der Waals surface area contributed by atoms with Gasteiger partial charge in [0, 0.05) is 41.4 Å². The van der Waals surface area contributed by atoms with Gasteiger partial charge in [0.25, 0.3) is 5.91 Å². The Morgan fingerprint density at radius 3 is 2.46 bits per heavy atom. The molecule has 1 aliphatic heterocycles. The molecule has 4 unspecified atom stereocenters. The summed E-state index contributed by atoms with van der Waals surface area (Å²) in [5.74, 6) is -1.76. The molecule has 2 aromatic carbocycles. The van der Waals surface area contributed by atoms with Crippen molar-refractivity contribution in [2.75, 3.05) is 6.54 Å². The van der Waals surface area contributed by atoms with Gasteiger partial charge in [0.15, 0.2) is 0 Å². The molecule has 2 amide bonds. The van der Waals surface area contributed by atoms with Gasteiger partial charge in [0.2, 0.25) is 5.91 Å². The van der Waals surface area contributed by atoms with Gasteiger partial charge in [-0.05, 0) is 94.0 Å². The van der Waals surface area contributed by atoms with E-state index < -0.39 is 29.6 Å². The Labute approximate surface area is 283 Å². The second kappa shape index (κ2) is 15.8. The lowest BCUT2D eigenvalue weighted by molar-refractivity contribution is -0.148. The first-order valence-corrected chi connectivity index (χ1v) is 17.0. The lowest BCUT2D eigenvalue weighted by Gasteiger charge is -2.34. The van der Waals surface area contributed by atoms with Crippen molar-refractivity contribution in [1.29, 1.82) is 0 Å². The van der Waals surface area contributed by atoms with Crippen molar-refractivity contribution < 1.29 is 29.4 Å². The van der Waals surface area contributed by atoms with Gasteiger partial charge in [0.1, 0.15) is 17.9 Å². The molecule has 3 aromatic rings. The van der Waals surface area contributed by atoms with E-state index in [0.717, 1.165) is 33.2 Å². The Balaban J connectivity index is 1.33. The molecule has 4 rings (SSSR count). The maximum atomic E-state index is 13.5. The Morgan fingerprint density at radius 2 is 1.77 bits per heavy atom. The Hall–Kier alpha value is -4.15. The van der Waals surface area contributed by atoms with E-state index in [1.807, 2.05) is 82.4 Å². The van der Waals surface area contributed by atoms with Gasteiger partial charge in [-0.1, -0.05) is 50.6 Å². The highest BCUT2D eigenvalue weighted by molar-refractivity contribution is 5.91. The molecule has 1 fully saturated rings. The summed E-state index contributed by atoms with van der Waals surface area (Å²) in [6.45, 7) is 11.6. The zero-order valence-corrected chi connectivity index (χ0v) is 29.0. The van der Waals surface area contributed by atoms with Gasteiger partial charge < -0.3 is 15.5 Å². The van der Waals surface area contributed by atoms with E-state index in [-0.39, 0.29) is 29.4 Å². The van der Waals surface area contributed by atoms with Gasteiger partial charge in [-0.2, -0.15) is 0 Å². The largest absolute Gasteiger partial charge is 0.480 e. The average Bonchev–Trinajstić information content (AvgIpc) is 3.06. The number of carbonyl (C=O) groups excluding carboxylic acids is 3. The van der Waals surface area contributed by atoms with E-state index >= 15 is 0 Å². The molecule has 10 heteroatoms. The number of nitrogens with one attached hydrogen (secondary N) is 2. The Kier molecular flexibility index (Phi) is 12.1. The first-order valence-electron chi connectivity index (χ1n) is 17.0. The molecule has 0 bridgehead atoms. The molecule has 10 nitrogen and oxygen atoms in total. The molecule has 1 aromatic heterocycles. The second-order valence-electron chi connectivity index (χ2n) is 14.0. The molecule has 1 saturated heterocycles. The summed E-state index contributed by atoms with van der Waals surface area (Å²) in [7, 11) is 0. The van der Waals surface area contributed by atoms with E-state index in [9.17, 15) is 29.4 Å². The summed E-state index contributed by atoms with van der Waals surface area (Å²) < 4.78 is 0. The number of rotatable bonds is 14. The van der Waals surface area contributed by atoms with Crippen LogP contribution in [-0.4, -0.2) is 62.4 Å². The molecular weight excluding hydrogens is 608 g/mol. The van der Waals surface area contributed by atoms with Crippen LogP contribution in [-0.2, 0) is 24.6 Å². The fraction of sp³-hybridized carbons (Fsp3) is 0.500. The summed E-state index contributed by atoms with van der Waals surface area (Å²) in [5.41, 5.74) is 5.47. The standard InChI is InChI=1S/C38H50N4O6/c1-23(2)31(35(45)40-24(3)36(46)42-18-10-14-32(41-42)37(47)48)13-7-8-15-34(44)38(5,6)30-12-9-11-27(20-30)33-21-29-19-26(25(4)43)16-17-28(29)22-39-33/h9,11-12,16-17,19-25,31-32,41,43H,7-8,10,13-15,18H2,1-6H3,(H,40,45)(H,47,48). The highest BCUT2D eigenvalue weighted by atomic mass is 16.4. The number of carboxylic acids is 1. The number of aliphatic hydroxyl groups excluding tert-OH is 1. The van der Waals surface area contributed by atoms with Gasteiger partial charge in [-0.15, -0.1) is 0 Å². The highest BCUT2D eigenvalue weighted by Gasteiger charge is 2.33. The lowest BCUT2D eigenvalue weighted by Crippen LogP contribution is -2.59. The fourth-order valence-corrected chi connectivity index (χ4v) is 6.27. The molecule has 258 valence electrons.